The van der Waals surface area contributed by atoms with Gasteiger partial charge < -0.3 is 4.90 Å². The number of rotatable bonds is 1. The van der Waals surface area contributed by atoms with Gasteiger partial charge in [-0.2, -0.15) is 0 Å². The van der Waals surface area contributed by atoms with Crippen molar-refractivity contribution in [2.75, 3.05) is 11.4 Å². The topological polar surface area (TPSA) is 20.3 Å². The number of hydrogen-bond acceptors (Lipinski definition) is 1. The number of carbonyl (C=O) groups is 1. The van der Waals surface area contributed by atoms with Crippen molar-refractivity contribution in [3.05, 3.63) is 28.2 Å². The average molecular weight is 347 g/mol. The molecule has 0 bridgehead atoms. The second-order valence-corrected chi connectivity index (χ2v) is 5.91. The first-order chi connectivity index (χ1) is 7.61. The molecule has 0 spiro atoms. The highest BCUT2D eigenvalue weighted by atomic mass is 79.9. The minimum absolute atomic E-state index is 0.0336. The van der Waals surface area contributed by atoms with Gasteiger partial charge in [0.25, 0.3) is 0 Å². The van der Waals surface area contributed by atoms with Crippen LogP contribution >= 0.6 is 31.9 Å². The molecule has 1 heterocycles. The molecule has 0 saturated carbocycles. The molecule has 1 saturated heterocycles. The lowest BCUT2D eigenvalue weighted by molar-refractivity contribution is -0.118. The van der Waals surface area contributed by atoms with Crippen LogP contribution in [0.1, 0.15) is 18.4 Å². The summed E-state index contributed by atoms with van der Waals surface area (Å²) in [5.74, 6) is 0.164. The molecule has 0 radical (unpaired) electrons. The lowest BCUT2D eigenvalue weighted by Crippen LogP contribution is -2.42. The van der Waals surface area contributed by atoms with Crippen molar-refractivity contribution >= 4 is 43.5 Å². The average Bonchev–Trinajstić information content (AvgIpc) is 2.27. The molecular weight excluding hydrogens is 334 g/mol. The van der Waals surface area contributed by atoms with Crippen molar-refractivity contribution in [1.82, 2.24) is 0 Å². The summed E-state index contributed by atoms with van der Waals surface area (Å²) in [4.78, 5) is 13.9. The Bertz CT molecular complexity index is 419. The summed E-state index contributed by atoms with van der Waals surface area (Å²) in [6, 6.07) is 6.01. The predicted molar refractivity (Wildman–Crippen MR) is 73.2 cm³/mol. The summed E-state index contributed by atoms with van der Waals surface area (Å²) in [6.07, 6.45) is 1.97. The Morgan fingerprint density at radius 3 is 2.94 bits per heavy atom. The van der Waals surface area contributed by atoms with Gasteiger partial charge in [-0.25, -0.2) is 0 Å². The maximum Gasteiger partial charge on any atom is 0.240 e. The van der Waals surface area contributed by atoms with Gasteiger partial charge in [0, 0.05) is 11.0 Å². The Kier molecular flexibility index (Phi) is 3.70. The molecule has 1 aromatic rings. The summed E-state index contributed by atoms with van der Waals surface area (Å²) in [5, 5.41) is 0. The van der Waals surface area contributed by atoms with Crippen LogP contribution in [0.3, 0.4) is 0 Å². The minimum Gasteiger partial charge on any atom is -0.310 e. The van der Waals surface area contributed by atoms with E-state index in [4.69, 9.17) is 0 Å². The van der Waals surface area contributed by atoms with Crippen LogP contribution in [0.2, 0.25) is 0 Å². The van der Waals surface area contributed by atoms with E-state index in [1.165, 1.54) is 0 Å². The molecule has 1 atom stereocenters. The summed E-state index contributed by atoms with van der Waals surface area (Å²) >= 11 is 6.98. The van der Waals surface area contributed by atoms with Gasteiger partial charge >= 0.3 is 0 Å². The molecule has 1 unspecified atom stereocenters. The van der Waals surface area contributed by atoms with Crippen LogP contribution in [0, 0.1) is 6.92 Å². The first-order valence-electron chi connectivity index (χ1n) is 5.32. The third-order valence-corrected chi connectivity index (χ3v) is 4.72. The van der Waals surface area contributed by atoms with E-state index in [9.17, 15) is 4.79 Å². The maximum atomic E-state index is 12.0. The third kappa shape index (κ3) is 2.18. The number of nitrogens with zero attached hydrogens (tertiary/aromatic N) is 1. The van der Waals surface area contributed by atoms with Crippen molar-refractivity contribution in [2.24, 2.45) is 0 Å². The number of piperidine rings is 1. The fourth-order valence-electron chi connectivity index (χ4n) is 1.91. The van der Waals surface area contributed by atoms with E-state index in [1.54, 1.807) is 0 Å². The minimum atomic E-state index is -0.0336. The number of anilines is 1. The highest BCUT2D eigenvalue weighted by Crippen LogP contribution is 2.32. The van der Waals surface area contributed by atoms with E-state index in [-0.39, 0.29) is 10.7 Å². The number of alkyl halides is 1. The second-order valence-electron chi connectivity index (χ2n) is 4.01. The zero-order valence-corrected chi connectivity index (χ0v) is 12.2. The lowest BCUT2D eigenvalue weighted by Gasteiger charge is -2.30. The number of amides is 1. The van der Waals surface area contributed by atoms with Crippen LogP contribution in [-0.4, -0.2) is 17.3 Å². The van der Waals surface area contributed by atoms with Crippen LogP contribution in [0.25, 0.3) is 0 Å². The number of aryl methyl sites for hydroxylation is 1. The fourth-order valence-corrected chi connectivity index (χ4v) is 2.96. The molecule has 0 aliphatic carbocycles. The Hall–Kier alpha value is -0.350. The van der Waals surface area contributed by atoms with Gasteiger partial charge in [-0.15, -0.1) is 0 Å². The molecule has 0 N–H and O–H groups in total. The van der Waals surface area contributed by atoms with Crippen molar-refractivity contribution in [3.8, 4) is 0 Å². The largest absolute Gasteiger partial charge is 0.310 e. The number of carbonyl (C=O) groups excluding carboxylic acids is 1. The van der Waals surface area contributed by atoms with Crippen LogP contribution in [0.15, 0.2) is 22.7 Å². The highest BCUT2D eigenvalue weighted by Gasteiger charge is 2.28. The van der Waals surface area contributed by atoms with Gasteiger partial charge in [-0.3, -0.25) is 4.79 Å². The van der Waals surface area contributed by atoms with Gasteiger partial charge in [0.15, 0.2) is 0 Å². The lowest BCUT2D eigenvalue weighted by atomic mass is 10.1. The zero-order chi connectivity index (χ0) is 11.7. The Morgan fingerprint density at radius 1 is 1.44 bits per heavy atom. The van der Waals surface area contributed by atoms with E-state index >= 15 is 0 Å². The molecule has 0 aromatic heterocycles. The molecule has 1 aliphatic heterocycles. The third-order valence-electron chi connectivity index (χ3n) is 2.84. The molecule has 1 aliphatic rings. The van der Waals surface area contributed by atoms with Gasteiger partial charge in [-0.1, -0.05) is 28.1 Å². The molecule has 86 valence electrons. The van der Waals surface area contributed by atoms with Gasteiger partial charge in [0.05, 0.1) is 10.5 Å². The Morgan fingerprint density at radius 2 is 2.19 bits per heavy atom. The van der Waals surface area contributed by atoms with Crippen LogP contribution in [-0.2, 0) is 4.79 Å². The van der Waals surface area contributed by atoms with E-state index in [2.05, 4.69) is 31.9 Å². The molecular formula is C12H13Br2NO. The second kappa shape index (κ2) is 4.88. The predicted octanol–water partition coefficient (Wildman–Crippen LogP) is 3.65. The van der Waals surface area contributed by atoms with Crippen LogP contribution < -0.4 is 4.90 Å². The SMILES string of the molecule is Cc1cccc(N2CCCC(Br)C2=O)c1Br. The zero-order valence-electron chi connectivity index (χ0n) is 9.04. The number of benzene rings is 1. The Balaban J connectivity index is 2.36. The monoisotopic (exact) mass is 345 g/mol. The first-order valence-corrected chi connectivity index (χ1v) is 7.02. The molecule has 1 aromatic carbocycles. The van der Waals surface area contributed by atoms with Gasteiger partial charge in [-0.05, 0) is 47.3 Å². The van der Waals surface area contributed by atoms with Gasteiger partial charge in [0.1, 0.15) is 0 Å². The van der Waals surface area contributed by atoms with Crippen molar-refractivity contribution in [1.29, 1.82) is 0 Å². The van der Waals surface area contributed by atoms with Crippen molar-refractivity contribution < 1.29 is 4.79 Å². The van der Waals surface area contributed by atoms with Crippen molar-refractivity contribution in [2.45, 2.75) is 24.6 Å². The van der Waals surface area contributed by atoms with E-state index < -0.39 is 0 Å². The molecule has 16 heavy (non-hydrogen) atoms. The van der Waals surface area contributed by atoms with Gasteiger partial charge in [0.2, 0.25) is 5.91 Å². The number of halogens is 2. The standard InChI is InChI=1S/C12H13Br2NO/c1-8-4-2-6-10(11(8)14)15-7-3-5-9(13)12(15)16/h2,4,6,9H,3,5,7H2,1H3. The summed E-state index contributed by atoms with van der Waals surface area (Å²) < 4.78 is 1.02. The quantitative estimate of drug-likeness (QED) is 0.711. The first kappa shape index (κ1) is 12.1. The van der Waals surface area contributed by atoms with Crippen LogP contribution in [0.4, 0.5) is 5.69 Å². The van der Waals surface area contributed by atoms with E-state index in [0.29, 0.717) is 0 Å². The molecule has 1 amide bonds. The highest BCUT2D eigenvalue weighted by molar-refractivity contribution is 9.10. The normalized spacial score (nSPS) is 21.3. The molecule has 2 nitrogen and oxygen atoms in total. The van der Waals surface area contributed by atoms with E-state index in [1.807, 2.05) is 30.0 Å². The van der Waals surface area contributed by atoms with Crippen LogP contribution in [0.5, 0.6) is 0 Å². The van der Waals surface area contributed by atoms with Crippen molar-refractivity contribution in [3.63, 3.8) is 0 Å². The summed E-state index contributed by atoms with van der Waals surface area (Å²) in [6.45, 7) is 2.84. The summed E-state index contributed by atoms with van der Waals surface area (Å²) in [7, 11) is 0. The smallest absolute Gasteiger partial charge is 0.240 e. The number of hydrogen-bond donors (Lipinski definition) is 0. The molecule has 2 rings (SSSR count). The van der Waals surface area contributed by atoms with E-state index in [0.717, 1.165) is 35.1 Å². The molecule has 4 heteroatoms. The Labute approximate surface area is 112 Å². The summed E-state index contributed by atoms with van der Waals surface area (Å²) in [5.41, 5.74) is 2.14. The fraction of sp³-hybridized carbons (Fsp3) is 0.417. The molecule has 1 fully saturated rings. The maximum absolute atomic E-state index is 12.0.